The van der Waals surface area contributed by atoms with Gasteiger partial charge in [0.05, 0.1) is 0 Å². The molecule has 0 radical (unpaired) electrons. The Morgan fingerprint density at radius 3 is 2.31 bits per heavy atom. The van der Waals surface area contributed by atoms with Crippen LogP contribution in [-0.4, -0.2) is 61.5 Å². The van der Waals surface area contributed by atoms with Gasteiger partial charge in [0.25, 0.3) is 5.91 Å². The minimum Gasteiger partial charge on any atom is -0.372 e. The molecule has 152 valence electrons. The quantitative estimate of drug-likeness (QED) is 0.791. The van der Waals surface area contributed by atoms with Crippen molar-refractivity contribution in [3.63, 3.8) is 0 Å². The lowest BCUT2D eigenvalue weighted by Crippen LogP contribution is -2.46. The molecule has 3 heterocycles. The Morgan fingerprint density at radius 2 is 1.62 bits per heavy atom. The molecule has 1 aromatic carbocycles. The van der Waals surface area contributed by atoms with Crippen LogP contribution in [0.15, 0.2) is 42.6 Å². The molecule has 0 bridgehead atoms. The van der Waals surface area contributed by atoms with Gasteiger partial charge in [-0.15, -0.1) is 0 Å². The summed E-state index contributed by atoms with van der Waals surface area (Å²) in [7, 11) is 0. The summed E-state index contributed by atoms with van der Waals surface area (Å²) in [5.41, 5.74) is 2.57. The van der Waals surface area contributed by atoms with Crippen molar-refractivity contribution in [2.45, 2.75) is 19.3 Å². The molecule has 0 aliphatic carbocycles. The van der Waals surface area contributed by atoms with Crippen LogP contribution in [0.5, 0.6) is 0 Å². The molecular formula is C22H27N5O2. The van der Waals surface area contributed by atoms with E-state index in [1.54, 1.807) is 17.2 Å². The second-order valence-corrected chi connectivity index (χ2v) is 7.58. The van der Waals surface area contributed by atoms with Crippen LogP contribution in [0.25, 0.3) is 0 Å². The van der Waals surface area contributed by atoms with Crippen LogP contribution >= 0.6 is 0 Å². The first-order valence-electron chi connectivity index (χ1n) is 10.3. The number of carbonyl (C=O) groups excluding carboxylic acids is 2. The van der Waals surface area contributed by atoms with Gasteiger partial charge in [0.2, 0.25) is 6.41 Å². The van der Waals surface area contributed by atoms with E-state index < -0.39 is 0 Å². The van der Waals surface area contributed by atoms with Crippen molar-refractivity contribution in [1.82, 2.24) is 9.88 Å². The fourth-order valence-electron chi connectivity index (χ4n) is 3.90. The third-order valence-corrected chi connectivity index (χ3v) is 5.64. The highest BCUT2D eigenvalue weighted by molar-refractivity contribution is 6.04. The fraction of sp³-hybridized carbons (Fsp3) is 0.409. The maximum atomic E-state index is 12.7. The number of pyridine rings is 1. The van der Waals surface area contributed by atoms with Crippen LogP contribution in [-0.2, 0) is 4.79 Å². The first-order valence-corrected chi connectivity index (χ1v) is 10.3. The summed E-state index contributed by atoms with van der Waals surface area (Å²) < 4.78 is 0. The number of hydrogen-bond donors (Lipinski definition) is 1. The topological polar surface area (TPSA) is 68.8 Å². The Kier molecular flexibility index (Phi) is 5.93. The Morgan fingerprint density at radius 1 is 0.897 bits per heavy atom. The Balaban J connectivity index is 1.39. The third-order valence-electron chi connectivity index (χ3n) is 5.64. The molecule has 7 nitrogen and oxygen atoms in total. The summed E-state index contributed by atoms with van der Waals surface area (Å²) >= 11 is 0. The summed E-state index contributed by atoms with van der Waals surface area (Å²) in [5, 5.41) is 2.98. The molecule has 0 unspecified atom stereocenters. The molecule has 0 atom stereocenters. The largest absolute Gasteiger partial charge is 0.372 e. The first kappa shape index (κ1) is 19.2. The van der Waals surface area contributed by atoms with Gasteiger partial charge in [0.1, 0.15) is 5.82 Å². The number of amides is 2. The summed E-state index contributed by atoms with van der Waals surface area (Å²) in [6, 6.07) is 11.6. The van der Waals surface area contributed by atoms with Crippen molar-refractivity contribution < 1.29 is 9.59 Å². The van der Waals surface area contributed by atoms with Crippen molar-refractivity contribution in [2.24, 2.45) is 0 Å². The lowest BCUT2D eigenvalue weighted by Gasteiger charge is -2.33. The van der Waals surface area contributed by atoms with E-state index in [0.717, 1.165) is 44.1 Å². The summed E-state index contributed by atoms with van der Waals surface area (Å²) in [6.45, 7) is 4.98. The van der Waals surface area contributed by atoms with E-state index in [9.17, 15) is 9.59 Å². The highest BCUT2D eigenvalue weighted by Gasteiger charge is 2.18. The highest BCUT2D eigenvalue weighted by Crippen LogP contribution is 2.22. The van der Waals surface area contributed by atoms with Crippen LogP contribution in [0, 0.1) is 0 Å². The molecule has 2 amide bonds. The van der Waals surface area contributed by atoms with Gasteiger partial charge in [-0.25, -0.2) is 4.98 Å². The minimum absolute atomic E-state index is 0.147. The van der Waals surface area contributed by atoms with Crippen molar-refractivity contribution >= 4 is 29.5 Å². The zero-order chi connectivity index (χ0) is 20.1. The molecule has 0 spiro atoms. The number of piperidine rings is 1. The number of hydrogen-bond acceptors (Lipinski definition) is 5. The minimum atomic E-state index is -0.147. The molecule has 2 fully saturated rings. The van der Waals surface area contributed by atoms with Crippen molar-refractivity contribution in [3.8, 4) is 0 Å². The number of nitrogens with one attached hydrogen (secondary N) is 1. The molecule has 4 rings (SSSR count). The van der Waals surface area contributed by atoms with Gasteiger partial charge in [-0.2, -0.15) is 0 Å². The van der Waals surface area contributed by atoms with Gasteiger partial charge in [-0.1, -0.05) is 0 Å². The first-order chi connectivity index (χ1) is 14.2. The average molecular weight is 393 g/mol. The Labute approximate surface area is 171 Å². The molecule has 2 aliphatic rings. The number of aromatic nitrogens is 1. The van der Waals surface area contributed by atoms with Crippen LogP contribution < -0.4 is 15.1 Å². The zero-order valence-electron chi connectivity index (χ0n) is 16.6. The number of anilines is 3. The molecule has 2 saturated heterocycles. The van der Waals surface area contributed by atoms with E-state index in [-0.39, 0.29) is 5.91 Å². The van der Waals surface area contributed by atoms with Crippen LogP contribution in [0.2, 0.25) is 0 Å². The lowest BCUT2D eigenvalue weighted by atomic mass is 10.1. The van der Waals surface area contributed by atoms with Gasteiger partial charge in [0, 0.05) is 62.4 Å². The number of rotatable bonds is 5. The molecule has 7 heteroatoms. The van der Waals surface area contributed by atoms with Gasteiger partial charge in [0.15, 0.2) is 0 Å². The Bertz CT molecular complexity index is 841. The SMILES string of the molecule is O=CN1CCN(c2cc(C(=O)Nc3ccc(N4CCCCC4)cc3)ccn2)CC1. The van der Waals surface area contributed by atoms with Crippen molar-refractivity contribution in [2.75, 3.05) is 54.4 Å². The number of nitrogens with zero attached hydrogens (tertiary/aromatic N) is 4. The maximum Gasteiger partial charge on any atom is 0.255 e. The molecular weight excluding hydrogens is 366 g/mol. The van der Waals surface area contributed by atoms with Gasteiger partial charge in [-0.05, 0) is 55.7 Å². The van der Waals surface area contributed by atoms with E-state index in [0.29, 0.717) is 18.7 Å². The number of piperazine rings is 1. The van der Waals surface area contributed by atoms with Crippen molar-refractivity contribution in [1.29, 1.82) is 0 Å². The fourth-order valence-corrected chi connectivity index (χ4v) is 3.90. The number of carbonyl (C=O) groups is 2. The summed E-state index contributed by atoms with van der Waals surface area (Å²) in [5.74, 6) is 0.620. The molecule has 1 aromatic heterocycles. The smallest absolute Gasteiger partial charge is 0.255 e. The average Bonchev–Trinajstić information content (AvgIpc) is 2.80. The third kappa shape index (κ3) is 4.67. The Hall–Kier alpha value is -3.09. The van der Waals surface area contributed by atoms with E-state index in [1.165, 1.54) is 24.9 Å². The monoisotopic (exact) mass is 393 g/mol. The van der Waals surface area contributed by atoms with Crippen LogP contribution in [0.3, 0.4) is 0 Å². The second-order valence-electron chi connectivity index (χ2n) is 7.58. The summed E-state index contributed by atoms with van der Waals surface area (Å²) in [6.07, 6.45) is 6.34. The highest BCUT2D eigenvalue weighted by atomic mass is 16.1. The number of benzene rings is 1. The molecule has 0 saturated carbocycles. The lowest BCUT2D eigenvalue weighted by molar-refractivity contribution is -0.118. The maximum absolute atomic E-state index is 12.7. The molecule has 1 N–H and O–H groups in total. The van der Waals surface area contributed by atoms with E-state index in [1.807, 2.05) is 18.2 Å². The van der Waals surface area contributed by atoms with E-state index in [4.69, 9.17) is 0 Å². The second kappa shape index (κ2) is 8.94. The zero-order valence-corrected chi connectivity index (χ0v) is 16.6. The van der Waals surface area contributed by atoms with E-state index in [2.05, 4.69) is 32.2 Å². The van der Waals surface area contributed by atoms with Gasteiger partial charge >= 0.3 is 0 Å². The van der Waals surface area contributed by atoms with Crippen molar-refractivity contribution in [3.05, 3.63) is 48.2 Å². The predicted octanol–water partition coefficient (Wildman–Crippen LogP) is 2.60. The molecule has 2 aliphatic heterocycles. The van der Waals surface area contributed by atoms with E-state index >= 15 is 0 Å². The van der Waals surface area contributed by atoms with Gasteiger partial charge in [-0.3, -0.25) is 9.59 Å². The van der Waals surface area contributed by atoms with Gasteiger partial charge < -0.3 is 20.0 Å². The standard InChI is InChI=1S/C22H27N5O2/c28-17-25-12-14-27(15-13-25)21-16-18(8-9-23-21)22(29)24-19-4-6-20(7-5-19)26-10-2-1-3-11-26/h4-9,16-17H,1-3,10-15H2,(H,24,29). The predicted molar refractivity (Wildman–Crippen MR) is 115 cm³/mol. The summed E-state index contributed by atoms with van der Waals surface area (Å²) in [4.78, 5) is 34.2. The van der Waals surface area contributed by atoms with Crippen LogP contribution in [0.4, 0.5) is 17.2 Å². The molecule has 29 heavy (non-hydrogen) atoms. The normalized spacial score (nSPS) is 17.2. The molecule has 2 aromatic rings. The van der Waals surface area contributed by atoms with Crippen LogP contribution in [0.1, 0.15) is 29.6 Å².